The Bertz CT molecular complexity index is 560. The van der Waals surface area contributed by atoms with Gasteiger partial charge in [-0.05, 0) is 45.6 Å². The molecular formula is C16H23N3O3S. The molecule has 6 nitrogen and oxygen atoms in total. The van der Waals surface area contributed by atoms with Gasteiger partial charge in [0.25, 0.3) is 0 Å². The van der Waals surface area contributed by atoms with Crippen molar-refractivity contribution < 1.29 is 14.3 Å². The number of hydrogen-bond donors (Lipinski definition) is 2. The lowest BCUT2D eigenvalue weighted by Gasteiger charge is -2.22. The van der Waals surface area contributed by atoms with Crippen LogP contribution in [0.3, 0.4) is 0 Å². The Labute approximate surface area is 140 Å². The van der Waals surface area contributed by atoms with Gasteiger partial charge in [0.05, 0.1) is 11.2 Å². The van der Waals surface area contributed by atoms with Crippen molar-refractivity contribution in [2.75, 3.05) is 6.54 Å². The fourth-order valence-electron chi connectivity index (χ4n) is 2.04. The van der Waals surface area contributed by atoms with E-state index in [2.05, 4.69) is 15.6 Å². The second-order valence-electron chi connectivity index (χ2n) is 6.58. The number of nitrogens with zero attached hydrogens (tertiary/aromatic N) is 1. The largest absolute Gasteiger partial charge is 0.444 e. The smallest absolute Gasteiger partial charge is 0.407 e. The third-order valence-corrected chi connectivity index (χ3v) is 3.85. The summed E-state index contributed by atoms with van der Waals surface area (Å²) in [4.78, 5) is 27.8. The third kappa shape index (κ3) is 6.81. The summed E-state index contributed by atoms with van der Waals surface area (Å²) in [6.07, 6.45) is 4.82. The van der Waals surface area contributed by atoms with Gasteiger partial charge in [0, 0.05) is 24.0 Å². The summed E-state index contributed by atoms with van der Waals surface area (Å²) >= 11 is 1.48. The van der Waals surface area contributed by atoms with Crippen LogP contribution in [0, 0.1) is 5.92 Å². The van der Waals surface area contributed by atoms with Crippen molar-refractivity contribution in [3.63, 3.8) is 0 Å². The van der Waals surface area contributed by atoms with Gasteiger partial charge in [0.15, 0.2) is 0 Å². The monoisotopic (exact) mass is 337 g/mol. The molecule has 126 valence electrons. The predicted octanol–water partition coefficient (Wildman–Crippen LogP) is 2.58. The molecule has 0 aliphatic heterocycles. The van der Waals surface area contributed by atoms with Crippen molar-refractivity contribution in [2.24, 2.45) is 5.92 Å². The van der Waals surface area contributed by atoms with Gasteiger partial charge in [-0.25, -0.2) is 9.78 Å². The predicted molar refractivity (Wildman–Crippen MR) is 90.0 cm³/mol. The molecule has 1 unspecified atom stereocenters. The molecule has 0 saturated heterocycles. The molecule has 1 aromatic rings. The molecule has 1 heterocycles. The zero-order valence-electron chi connectivity index (χ0n) is 13.7. The standard InChI is InChI=1S/C16H23N3O3S/c1-16(2,3)22-15(21)17-8-13(11-4-5-11)19-14(20)7-6-12-9-23-10-18-12/h6-7,9-11,13H,4-5,8H2,1-3H3,(H,17,21)(H,19,20)/b7-6+. The topological polar surface area (TPSA) is 80.3 Å². The average molecular weight is 337 g/mol. The van der Waals surface area contributed by atoms with Crippen molar-refractivity contribution in [3.8, 4) is 0 Å². The Hall–Kier alpha value is -1.89. The van der Waals surface area contributed by atoms with Gasteiger partial charge in [-0.1, -0.05) is 0 Å². The minimum absolute atomic E-state index is 0.0740. The Kier molecular flexibility index (Phi) is 5.76. The van der Waals surface area contributed by atoms with Crippen LogP contribution in [0.1, 0.15) is 39.3 Å². The second-order valence-corrected chi connectivity index (χ2v) is 7.30. The van der Waals surface area contributed by atoms with Crippen LogP contribution in [0.15, 0.2) is 17.0 Å². The number of thiazole rings is 1. The number of nitrogens with one attached hydrogen (secondary N) is 2. The summed E-state index contributed by atoms with van der Waals surface area (Å²) in [5, 5.41) is 7.53. The lowest BCUT2D eigenvalue weighted by molar-refractivity contribution is -0.117. The maximum absolute atomic E-state index is 12.0. The zero-order chi connectivity index (χ0) is 16.9. The fraction of sp³-hybridized carbons (Fsp3) is 0.562. The van der Waals surface area contributed by atoms with E-state index in [1.807, 2.05) is 26.2 Å². The van der Waals surface area contributed by atoms with Gasteiger partial charge in [0.2, 0.25) is 5.91 Å². The molecule has 1 aromatic heterocycles. The van der Waals surface area contributed by atoms with Crippen molar-refractivity contribution in [2.45, 2.75) is 45.3 Å². The highest BCUT2D eigenvalue weighted by molar-refractivity contribution is 7.07. The number of aromatic nitrogens is 1. The molecule has 0 spiro atoms. The van der Waals surface area contributed by atoms with Crippen molar-refractivity contribution in [1.82, 2.24) is 15.6 Å². The summed E-state index contributed by atoms with van der Waals surface area (Å²) in [6, 6.07) is -0.0740. The van der Waals surface area contributed by atoms with Crippen molar-refractivity contribution >= 4 is 29.4 Å². The lowest BCUT2D eigenvalue weighted by atomic mass is 10.2. The Balaban J connectivity index is 1.80. The molecule has 23 heavy (non-hydrogen) atoms. The SMILES string of the molecule is CC(C)(C)OC(=O)NCC(NC(=O)/C=C/c1cscn1)C1CC1. The van der Waals surface area contributed by atoms with E-state index >= 15 is 0 Å². The Morgan fingerprint density at radius 2 is 2.22 bits per heavy atom. The number of rotatable bonds is 6. The molecule has 7 heteroatoms. The van der Waals surface area contributed by atoms with Crippen LogP contribution in [0.5, 0.6) is 0 Å². The molecule has 1 atom stereocenters. The highest BCUT2D eigenvalue weighted by Gasteiger charge is 2.32. The molecule has 2 N–H and O–H groups in total. The summed E-state index contributed by atoms with van der Waals surface area (Å²) in [5.74, 6) is 0.238. The van der Waals surface area contributed by atoms with Crippen LogP contribution < -0.4 is 10.6 Å². The second kappa shape index (κ2) is 7.59. The van der Waals surface area contributed by atoms with Gasteiger partial charge in [-0.15, -0.1) is 11.3 Å². The van der Waals surface area contributed by atoms with Crippen LogP contribution in [-0.4, -0.2) is 35.2 Å². The molecule has 1 fully saturated rings. The normalized spacial score (nSPS) is 16.1. The number of ether oxygens (including phenoxy) is 1. The molecule has 2 amide bonds. The first-order valence-electron chi connectivity index (χ1n) is 7.67. The van der Waals surface area contributed by atoms with Gasteiger partial charge in [-0.3, -0.25) is 4.79 Å². The number of amides is 2. The van der Waals surface area contributed by atoms with Crippen molar-refractivity contribution in [1.29, 1.82) is 0 Å². The van der Waals surface area contributed by atoms with E-state index in [1.165, 1.54) is 17.4 Å². The average Bonchev–Trinajstić information content (AvgIpc) is 3.15. The number of hydrogen-bond acceptors (Lipinski definition) is 5. The van der Waals surface area contributed by atoms with Crippen molar-refractivity contribution in [3.05, 3.63) is 22.7 Å². The first kappa shape index (κ1) is 17.5. The van der Waals surface area contributed by atoms with Crippen LogP contribution in [-0.2, 0) is 9.53 Å². The summed E-state index contributed by atoms with van der Waals surface area (Å²) < 4.78 is 5.21. The molecule has 1 saturated carbocycles. The highest BCUT2D eigenvalue weighted by Crippen LogP contribution is 2.32. The van der Waals surface area contributed by atoms with Gasteiger partial charge >= 0.3 is 6.09 Å². The molecule has 0 radical (unpaired) electrons. The quantitative estimate of drug-likeness (QED) is 0.782. The van der Waals surface area contributed by atoms with E-state index in [9.17, 15) is 9.59 Å². The van der Waals surface area contributed by atoms with E-state index < -0.39 is 11.7 Å². The molecule has 0 bridgehead atoms. The summed E-state index contributed by atoms with van der Waals surface area (Å²) in [5.41, 5.74) is 1.95. The van der Waals surface area contributed by atoms with E-state index in [1.54, 1.807) is 11.6 Å². The van der Waals surface area contributed by atoms with Crippen LogP contribution in [0.4, 0.5) is 4.79 Å². The highest BCUT2D eigenvalue weighted by atomic mass is 32.1. The number of carbonyl (C=O) groups is 2. The molecule has 1 aliphatic rings. The van der Waals surface area contributed by atoms with Gasteiger partial charge < -0.3 is 15.4 Å². The maximum atomic E-state index is 12.0. The maximum Gasteiger partial charge on any atom is 0.407 e. The first-order valence-corrected chi connectivity index (χ1v) is 8.61. The summed E-state index contributed by atoms with van der Waals surface area (Å²) in [7, 11) is 0. The molecule has 1 aliphatic carbocycles. The lowest BCUT2D eigenvalue weighted by Crippen LogP contribution is -2.45. The van der Waals surface area contributed by atoms with Gasteiger partial charge in [-0.2, -0.15) is 0 Å². The van der Waals surface area contributed by atoms with Gasteiger partial charge in [0.1, 0.15) is 5.60 Å². The Morgan fingerprint density at radius 1 is 1.48 bits per heavy atom. The van der Waals surface area contributed by atoms with Crippen LogP contribution >= 0.6 is 11.3 Å². The fourth-order valence-corrected chi connectivity index (χ4v) is 2.56. The third-order valence-electron chi connectivity index (χ3n) is 3.24. The van der Waals surface area contributed by atoms with E-state index in [0.717, 1.165) is 18.5 Å². The Morgan fingerprint density at radius 3 is 2.78 bits per heavy atom. The van der Waals surface area contributed by atoms with Crippen LogP contribution in [0.2, 0.25) is 0 Å². The van der Waals surface area contributed by atoms with E-state index in [4.69, 9.17) is 4.74 Å². The summed E-state index contributed by atoms with van der Waals surface area (Å²) in [6.45, 7) is 5.82. The molecule has 0 aromatic carbocycles. The molecule has 2 rings (SSSR count). The minimum Gasteiger partial charge on any atom is -0.444 e. The van der Waals surface area contributed by atoms with Crippen LogP contribution in [0.25, 0.3) is 6.08 Å². The molecular weight excluding hydrogens is 314 g/mol. The minimum atomic E-state index is -0.529. The first-order chi connectivity index (χ1) is 10.8. The van der Waals surface area contributed by atoms with E-state index in [-0.39, 0.29) is 11.9 Å². The van der Waals surface area contributed by atoms with E-state index in [0.29, 0.717) is 12.5 Å². The zero-order valence-corrected chi connectivity index (χ0v) is 14.5. The number of carbonyl (C=O) groups excluding carboxylic acids is 2. The number of alkyl carbamates (subject to hydrolysis) is 1.